The van der Waals surface area contributed by atoms with E-state index in [1.54, 1.807) is 0 Å². The second-order valence-electron chi connectivity index (χ2n) is 5.34. The number of aryl methyl sites for hydroxylation is 1. The standard InChI is InChI=1S/C15H21N5O2/c1-10-14(20-6-4-3-5-7-20)8-13(19-18-10)12(9-16)15(22)17-11(2)21/h8-9H,3-7,16H2,1-2H3,(H,17,21,22)/b12-9-. The van der Waals surface area contributed by atoms with Gasteiger partial charge >= 0.3 is 0 Å². The molecule has 2 rings (SSSR count). The maximum atomic E-state index is 12.0. The number of aromatic nitrogens is 2. The third kappa shape index (κ3) is 3.60. The average molecular weight is 303 g/mol. The number of nitrogens with one attached hydrogen (secondary N) is 1. The molecule has 7 nitrogen and oxygen atoms in total. The van der Waals surface area contributed by atoms with Gasteiger partial charge in [0, 0.05) is 26.2 Å². The van der Waals surface area contributed by atoms with Crippen LogP contribution in [0.1, 0.15) is 37.6 Å². The Morgan fingerprint density at radius 1 is 1.27 bits per heavy atom. The van der Waals surface area contributed by atoms with Crippen molar-refractivity contribution >= 4 is 23.1 Å². The molecular formula is C15H21N5O2. The molecule has 0 aromatic carbocycles. The first kappa shape index (κ1) is 15.9. The van der Waals surface area contributed by atoms with Gasteiger partial charge in [0.05, 0.1) is 17.0 Å². The van der Waals surface area contributed by atoms with Crippen molar-refractivity contribution in [3.05, 3.63) is 23.7 Å². The van der Waals surface area contributed by atoms with E-state index in [2.05, 4.69) is 20.4 Å². The summed E-state index contributed by atoms with van der Waals surface area (Å²) >= 11 is 0. The van der Waals surface area contributed by atoms with E-state index < -0.39 is 11.8 Å². The molecule has 2 amide bonds. The van der Waals surface area contributed by atoms with Crippen LogP contribution >= 0.6 is 0 Å². The van der Waals surface area contributed by atoms with Crippen LogP contribution in [-0.2, 0) is 9.59 Å². The number of nitrogens with two attached hydrogens (primary N) is 1. The molecule has 3 N–H and O–H groups in total. The zero-order valence-corrected chi connectivity index (χ0v) is 12.9. The lowest BCUT2D eigenvalue weighted by molar-refractivity contribution is -0.126. The normalized spacial score (nSPS) is 15.5. The molecule has 1 aliphatic heterocycles. The fourth-order valence-corrected chi connectivity index (χ4v) is 2.53. The van der Waals surface area contributed by atoms with Crippen molar-refractivity contribution in [1.29, 1.82) is 0 Å². The molecule has 0 atom stereocenters. The van der Waals surface area contributed by atoms with Crippen molar-refractivity contribution < 1.29 is 9.59 Å². The van der Waals surface area contributed by atoms with Crippen molar-refractivity contribution in [2.75, 3.05) is 18.0 Å². The van der Waals surface area contributed by atoms with Crippen LogP contribution in [0.2, 0.25) is 0 Å². The maximum Gasteiger partial charge on any atom is 0.261 e. The molecule has 0 saturated carbocycles. The van der Waals surface area contributed by atoms with Gasteiger partial charge in [0.1, 0.15) is 5.69 Å². The minimum absolute atomic E-state index is 0.140. The van der Waals surface area contributed by atoms with Crippen LogP contribution in [0.15, 0.2) is 12.3 Å². The highest BCUT2D eigenvalue weighted by Gasteiger charge is 2.19. The summed E-state index contributed by atoms with van der Waals surface area (Å²) in [5.74, 6) is -1.02. The van der Waals surface area contributed by atoms with Gasteiger partial charge in [0.15, 0.2) is 0 Å². The Labute approximate surface area is 129 Å². The second-order valence-corrected chi connectivity index (χ2v) is 5.34. The summed E-state index contributed by atoms with van der Waals surface area (Å²) in [5.41, 5.74) is 7.81. The van der Waals surface area contributed by atoms with E-state index in [4.69, 9.17) is 5.73 Å². The van der Waals surface area contributed by atoms with Crippen molar-refractivity contribution in [1.82, 2.24) is 15.5 Å². The molecule has 2 heterocycles. The number of nitrogens with zero attached hydrogens (tertiary/aromatic N) is 3. The van der Waals surface area contributed by atoms with Crippen LogP contribution in [0.3, 0.4) is 0 Å². The van der Waals surface area contributed by atoms with E-state index in [0.717, 1.165) is 43.5 Å². The molecule has 0 aliphatic carbocycles. The third-order valence-corrected chi connectivity index (χ3v) is 3.63. The summed E-state index contributed by atoms with van der Waals surface area (Å²) in [5, 5.41) is 10.4. The molecule has 0 spiro atoms. The van der Waals surface area contributed by atoms with Crippen molar-refractivity contribution in [2.45, 2.75) is 33.1 Å². The van der Waals surface area contributed by atoms with Crippen molar-refractivity contribution in [2.24, 2.45) is 5.73 Å². The molecule has 1 fully saturated rings. The number of rotatable bonds is 3. The number of hydrogen-bond donors (Lipinski definition) is 2. The lowest BCUT2D eigenvalue weighted by Gasteiger charge is -2.29. The molecule has 0 unspecified atom stereocenters. The lowest BCUT2D eigenvalue weighted by atomic mass is 10.1. The molecule has 1 saturated heterocycles. The van der Waals surface area contributed by atoms with Crippen LogP contribution in [0.25, 0.3) is 5.57 Å². The van der Waals surface area contributed by atoms with E-state index in [0.29, 0.717) is 5.69 Å². The smallest absolute Gasteiger partial charge is 0.261 e. The number of piperidine rings is 1. The number of hydrogen-bond acceptors (Lipinski definition) is 6. The summed E-state index contributed by atoms with van der Waals surface area (Å²) in [6.45, 7) is 5.09. The highest BCUT2D eigenvalue weighted by atomic mass is 16.2. The predicted octanol–water partition coefficient (Wildman–Crippen LogP) is 0.738. The Morgan fingerprint density at radius 3 is 2.55 bits per heavy atom. The zero-order chi connectivity index (χ0) is 16.1. The zero-order valence-electron chi connectivity index (χ0n) is 12.9. The summed E-state index contributed by atoms with van der Waals surface area (Å²) in [4.78, 5) is 25.3. The average Bonchev–Trinajstić information content (AvgIpc) is 2.49. The Morgan fingerprint density at radius 2 is 1.95 bits per heavy atom. The number of anilines is 1. The van der Waals surface area contributed by atoms with Crippen molar-refractivity contribution in [3.8, 4) is 0 Å². The number of amides is 2. The first-order valence-corrected chi connectivity index (χ1v) is 7.36. The fourth-order valence-electron chi connectivity index (χ4n) is 2.53. The van der Waals surface area contributed by atoms with Gasteiger partial charge in [-0.3, -0.25) is 14.9 Å². The number of imide groups is 1. The molecule has 0 bridgehead atoms. The number of carbonyl (C=O) groups excluding carboxylic acids is 2. The molecule has 7 heteroatoms. The third-order valence-electron chi connectivity index (χ3n) is 3.63. The number of carbonyl (C=O) groups is 2. The van der Waals surface area contributed by atoms with E-state index in [9.17, 15) is 9.59 Å². The molecule has 118 valence electrons. The molecule has 1 aromatic heterocycles. The highest BCUT2D eigenvalue weighted by Crippen LogP contribution is 2.24. The topological polar surface area (TPSA) is 101 Å². The van der Waals surface area contributed by atoms with Gasteiger partial charge < -0.3 is 10.6 Å². The van der Waals surface area contributed by atoms with Crippen LogP contribution < -0.4 is 16.0 Å². The predicted molar refractivity (Wildman–Crippen MR) is 83.8 cm³/mol. The maximum absolute atomic E-state index is 12.0. The minimum Gasteiger partial charge on any atom is -0.404 e. The summed E-state index contributed by atoms with van der Waals surface area (Å²) in [6, 6.07) is 1.81. The molecule has 22 heavy (non-hydrogen) atoms. The molecule has 1 aliphatic rings. The largest absolute Gasteiger partial charge is 0.404 e. The summed E-state index contributed by atoms with van der Waals surface area (Å²) in [7, 11) is 0. The second kappa shape index (κ2) is 7.02. The summed E-state index contributed by atoms with van der Waals surface area (Å²) in [6.07, 6.45) is 4.66. The monoisotopic (exact) mass is 303 g/mol. The van der Waals surface area contributed by atoms with E-state index in [1.807, 2.05) is 13.0 Å². The molecule has 0 radical (unpaired) electrons. The van der Waals surface area contributed by atoms with E-state index in [-0.39, 0.29) is 5.57 Å². The SMILES string of the molecule is CC(=O)NC(=O)/C(=C\N)c1cc(N2CCCCC2)c(C)nn1. The first-order chi connectivity index (χ1) is 10.5. The van der Waals surface area contributed by atoms with E-state index in [1.165, 1.54) is 13.3 Å². The Bertz CT molecular complexity index is 606. The quantitative estimate of drug-likeness (QED) is 0.799. The van der Waals surface area contributed by atoms with Gasteiger partial charge in [-0.05, 0) is 32.3 Å². The van der Waals surface area contributed by atoms with Gasteiger partial charge in [0.2, 0.25) is 5.91 Å². The summed E-state index contributed by atoms with van der Waals surface area (Å²) < 4.78 is 0. The van der Waals surface area contributed by atoms with Gasteiger partial charge in [0.25, 0.3) is 5.91 Å². The Balaban J connectivity index is 2.31. The van der Waals surface area contributed by atoms with Crippen LogP contribution in [0, 0.1) is 6.92 Å². The molecular weight excluding hydrogens is 282 g/mol. The first-order valence-electron chi connectivity index (χ1n) is 7.36. The van der Waals surface area contributed by atoms with Crippen LogP contribution in [-0.4, -0.2) is 35.1 Å². The molecule has 1 aromatic rings. The van der Waals surface area contributed by atoms with Gasteiger partial charge in [-0.1, -0.05) is 0 Å². The van der Waals surface area contributed by atoms with Crippen LogP contribution in [0.4, 0.5) is 5.69 Å². The van der Waals surface area contributed by atoms with Crippen molar-refractivity contribution in [3.63, 3.8) is 0 Å². The minimum atomic E-state index is -0.572. The lowest BCUT2D eigenvalue weighted by Crippen LogP contribution is -2.31. The van der Waals surface area contributed by atoms with Gasteiger partial charge in [-0.15, -0.1) is 5.10 Å². The van der Waals surface area contributed by atoms with Gasteiger partial charge in [-0.2, -0.15) is 5.10 Å². The van der Waals surface area contributed by atoms with Crippen LogP contribution in [0.5, 0.6) is 0 Å². The van der Waals surface area contributed by atoms with E-state index >= 15 is 0 Å². The Kier molecular flexibility index (Phi) is 5.08. The highest BCUT2D eigenvalue weighted by molar-refractivity contribution is 6.22. The fraction of sp³-hybridized carbons (Fsp3) is 0.467. The van der Waals surface area contributed by atoms with Gasteiger partial charge in [-0.25, -0.2) is 0 Å². The Hall–Kier alpha value is -2.44.